The van der Waals surface area contributed by atoms with Gasteiger partial charge in [-0.25, -0.2) is 4.79 Å². The van der Waals surface area contributed by atoms with Gasteiger partial charge in [-0.3, -0.25) is 4.98 Å². The third-order valence-corrected chi connectivity index (χ3v) is 2.44. The van der Waals surface area contributed by atoms with E-state index in [2.05, 4.69) is 10.3 Å². The number of carbonyl (C=O) groups excluding carboxylic acids is 1. The van der Waals surface area contributed by atoms with Crippen molar-refractivity contribution in [1.82, 2.24) is 10.3 Å². The highest BCUT2D eigenvalue weighted by Crippen LogP contribution is 2.20. The predicted octanol–water partition coefficient (Wildman–Crippen LogP) is 1.08. The molecule has 0 saturated carbocycles. The zero-order valence-electron chi connectivity index (χ0n) is 9.28. The van der Waals surface area contributed by atoms with Gasteiger partial charge in [-0.05, 0) is 38.6 Å². The van der Waals surface area contributed by atoms with Crippen molar-refractivity contribution in [2.45, 2.75) is 19.4 Å². The van der Waals surface area contributed by atoms with Crippen molar-refractivity contribution in [3.8, 4) is 0 Å². The summed E-state index contributed by atoms with van der Waals surface area (Å²) in [7, 11) is 1.73. The minimum atomic E-state index is -0.807. The smallest absolute Gasteiger partial charge is 0.330 e. The van der Waals surface area contributed by atoms with E-state index in [4.69, 9.17) is 4.74 Å². The third-order valence-electron chi connectivity index (χ3n) is 2.44. The topological polar surface area (TPSA) is 51.2 Å². The van der Waals surface area contributed by atoms with Crippen molar-refractivity contribution in [2.24, 2.45) is 0 Å². The molecule has 4 heteroatoms. The van der Waals surface area contributed by atoms with Gasteiger partial charge < -0.3 is 10.1 Å². The first-order valence-electron chi connectivity index (χ1n) is 4.91. The lowest BCUT2D eigenvalue weighted by molar-refractivity contribution is -0.150. The third kappa shape index (κ3) is 2.33. The van der Waals surface area contributed by atoms with Gasteiger partial charge in [-0.2, -0.15) is 0 Å². The molecule has 0 saturated heterocycles. The van der Waals surface area contributed by atoms with Gasteiger partial charge in [0.1, 0.15) is 5.54 Å². The number of carbonyl (C=O) groups is 1. The molecule has 15 heavy (non-hydrogen) atoms. The number of nitrogens with one attached hydrogen (secondary N) is 1. The number of pyridine rings is 1. The Morgan fingerprint density at radius 1 is 1.53 bits per heavy atom. The van der Waals surface area contributed by atoms with E-state index >= 15 is 0 Å². The van der Waals surface area contributed by atoms with E-state index in [1.165, 1.54) is 0 Å². The van der Waals surface area contributed by atoms with Crippen LogP contribution in [0.15, 0.2) is 24.5 Å². The number of ether oxygens (including phenoxy) is 1. The lowest BCUT2D eigenvalue weighted by Crippen LogP contribution is -2.45. The minimum Gasteiger partial charge on any atom is -0.464 e. The molecule has 0 bridgehead atoms. The molecule has 1 unspecified atom stereocenters. The molecule has 0 amide bonds. The van der Waals surface area contributed by atoms with Gasteiger partial charge in [-0.1, -0.05) is 0 Å². The normalized spacial score (nSPS) is 14.3. The summed E-state index contributed by atoms with van der Waals surface area (Å²) in [6.45, 7) is 3.96. The number of esters is 1. The van der Waals surface area contributed by atoms with E-state index in [-0.39, 0.29) is 5.97 Å². The highest BCUT2D eigenvalue weighted by atomic mass is 16.5. The summed E-state index contributed by atoms with van der Waals surface area (Å²) >= 11 is 0. The molecule has 0 radical (unpaired) electrons. The van der Waals surface area contributed by atoms with E-state index in [0.717, 1.165) is 5.56 Å². The van der Waals surface area contributed by atoms with Gasteiger partial charge in [0, 0.05) is 12.4 Å². The summed E-state index contributed by atoms with van der Waals surface area (Å²) in [6.07, 6.45) is 3.31. The molecule has 1 N–H and O–H groups in total. The van der Waals surface area contributed by atoms with Crippen molar-refractivity contribution >= 4 is 5.97 Å². The first-order chi connectivity index (χ1) is 7.15. The molecule has 0 aliphatic rings. The van der Waals surface area contributed by atoms with Crippen LogP contribution in [-0.2, 0) is 15.1 Å². The zero-order chi connectivity index (χ0) is 11.3. The van der Waals surface area contributed by atoms with E-state index in [0.29, 0.717) is 6.61 Å². The van der Waals surface area contributed by atoms with Crippen LogP contribution < -0.4 is 5.32 Å². The fourth-order valence-electron chi connectivity index (χ4n) is 1.32. The van der Waals surface area contributed by atoms with Gasteiger partial charge in [0.2, 0.25) is 0 Å². The van der Waals surface area contributed by atoms with Crippen LogP contribution in [0.1, 0.15) is 19.4 Å². The van der Waals surface area contributed by atoms with Crippen LogP contribution in [0.2, 0.25) is 0 Å². The SMILES string of the molecule is CCOC(=O)C(C)(NC)c1ccncc1. The number of likely N-dealkylation sites (N-methyl/N-ethyl adjacent to an activating group) is 1. The van der Waals surface area contributed by atoms with Gasteiger partial charge >= 0.3 is 5.97 Å². The molecule has 0 aliphatic heterocycles. The standard InChI is InChI=1S/C11H16N2O2/c1-4-15-10(14)11(2,12-3)9-5-7-13-8-6-9/h5-8,12H,4H2,1-3H3. The second-order valence-corrected chi connectivity index (χ2v) is 3.33. The van der Waals surface area contributed by atoms with Gasteiger partial charge in [0.05, 0.1) is 6.61 Å². The summed E-state index contributed by atoms with van der Waals surface area (Å²) in [4.78, 5) is 15.7. The Hall–Kier alpha value is -1.42. The van der Waals surface area contributed by atoms with E-state index < -0.39 is 5.54 Å². The second kappa shape index (κ2) is 4.89. The molecule has 1 aromatic heterocycles. The molecule has 1 heterocycles. The van der Waals surface area contributed by atoms with Crippen LogP contribution >= 0.6 is 0 Å². The van der Waals surface area contributed by atoms with Crippen molar-refractivity contribution in [2.75, 3.05) is 13.7 Å². The van der Waals surface area contributed by atoms with Crippen LogP contribution in [0.5, 0.6) is 0 Å². The zero-order valence-corrected chi connectivity index (χ0v) is 9.28. The van der Waals surface area contributed by atoms with Crippen LogP contribution in [0.4, 0.5) is 0 Å². The molecule has 1 aromatic rings. The Balaban J connectivity index is 3.00. The minimum absolute atomic E-state index is 0.279. The lowest BCUT2D eigenvalue weighted by atomic mass is 9.93. The van der Waals surface area contributed by atoms with Crippen molar-refractivity contribution in [1.29, 1.82) is 0 Å². The van der Waals surface area contributed by atoms with Crippen LogP contribution in [0.3, 0.4) is 0 Å². The maximum Gasteiger partial charge on any atom is 0.330 e. The quantitative estimate of drug-likeness (QED) is 0.752. The Morgan fingerprint density at radius 3 is 2.60 bits per heavy atom. The monoisotopic (exact) mass is 208 g/mol. The summed E-state index contributed by atoms with van der Waals surface area (Å²) in [5.41, 5.74) is 0.0392. The summed E-state index contributed by atoms with van der Waals surface area (Å²) in [5.74, 6) is -0.279. The Bertz CT molecular complexity index is 327. The molecule has 4 nitrogen and oxygen atoms in total. The maximum absolute atomic E-state index is 11.8. The van der Waals surface area contributed by atoms with Crippen LogP contribution in [-0.4, -0.2) is 24.6 Å². The molecule has 1 atom stereocenters. The number of nitrogens with zero attached hydrogens (tertiary/aromatic N) is 1. The second-order valence-electron chi connectivity index (χ2n) is 3.33. The molecule has 82 valence electrons. The van der Waals surface area contributed by atoms with Crippen molar-refractivity contribution in [3.05, 3.63) is 30.1 Å². The first-order valence-corrected chi connectivity index (χ1v) is 4.91. The molecular formula is C11H16N2O2. The number of hydrogen-bond donors (Lipinski definition) is 1. The Kier molecular flexibility index (Phi) is 3.80. The summed E-state index contributed by atoms with van der Waals surface area (Å²) in [5, 5.41) is 2.98. The Morgan fingerprint density at radius 2 is 2.13 bits per heavy atom. The van der Waals surface area contributed by atoms with E-state index in [1.807, 2.05) is 0 Å². The van der Waals surface area contributed by atoms with Crippen molar-refractivity contribution < 1.29 is 9.53 Å². The highest BCUT2D eigenvalue weighted by Gasteiger charge is 2.34. The lowest BCUT2D eigenvalue weighted by Gasteiger charge is -2.26. The number of hydrogen-bond acceptors (Lipinski definition) is 4. The van der Waals surface area contributed by atoms with Crippen LogP contribution in [0.25, 0.3) is 0 Å². The fourth-order valence-corrected chi connectivity index (χ4v) is 1.32. The predicted molar refractivity (Wildman–Crippen MR) is 57.3 cm³/mol. The van der Waals surface area contributed by atoms with Gasteiger partial charge in [0.25, 0.3) is 0 Å². The highest BCUT2D eigenvalue weighted by molar-refractivity contribution is 5.82. The molecule has 0 aliphatic carbocycles. The largest absolute Gasteiger partial charge is 0.464 e. The van der Waals surface area contributed by atoms with E-state index in [9.17, 15) is 4.79 Å². The van der Waals surface area contributed by atoms with Crippen molar-refractivity contribution in [3.63, 3.8) is 0 Å². The summed E-state index contributed by atoms with van der Waals surface area (Å²) < 4.78 is 5.03. The van der Waals surface area contributed by atoms with Gasteiger partial charge in [-0.15, -0.1) is 0 Å². The molecule has 0 aromatic carbocycles. The van der Waals surface area contributed by atoms with Crippen LogP contribution in [0, 0.1) is 0 Å². The molecule has 0 fully saturated rings. The molecular weight excluding hydrogens is 192 g/mol. The first kappa shape index (κ1) is 11.7. The Labute approximate surface area is 89.7 Å². The summed E-state index contributed by atoms with van der Waals surface area (Å²) in [6, 6.07) is 3.60. The maximum atomic E-state index is 11.8. The number of rotatable bonds is 4. The van der Waals surface area contributed by atoms with E-state index in [1.54, 1.807) is 45.4 Å². The fraction of sp³-hybridized carbons (Fsp3) is 0.455. The van der Waals surface area contributed by atoms with Gasteiger partial charge in [0.15, 0.2) is 0 Å². The molecule has 1 rings (SSSR count). The number of aromatic nitrogens is 1. The average molecular weight is 208 g/mol. The average Bonchev–Trinajstić information content (AvgIpc) is 2.29. The molecule has 0 spiro atoms.